The quantitative estimate of drug-likeness (QED) is 0.469. The normalized spacial score (nSPS) is 10.4. The molecular weight excluding hydrogens is 276 g/mol. The van der Waals surface area contributed by atoms with Crippen LogP contribution in [0.15, 0.2) is 0 Å². The van der Waals surface area contributed by atoms with E-state index in [0.29, 0.717) is 0 Å². The molecule has 14 heavy (non-hydrogen) atoms. The number of carbonyl (C=O) groups is 2. The Morgan fingerprint density at radius 1 is 1.14 bits per heavy atom. The van der Waals surface area contributed by atoms with Crippen molar-refractivity contribution >= 4 is 58.3 Å². The van der Waals surface area contributed by atoms with Gasteiger partial charge in [0.1, 0.15) is 6.61 Å². The number of alkyl halides is 4. The molecule has 0 saturated carbocycles. The molecule has 0 aromatic rings. The van der Waals surface area contributed by atoms with Crippen LogP contribution in [-0.4, -0.2) is 34.7 Å². The van der Waals surface area contributed by atoms with Gasteiger partial charge in [0.2, 0.25) is 4.84 Å². The summed E-state index contributed by atoms with van der Waals surface area (Å²) in [6, 6.07) is 0. The van der Waals surface area contributed by atoms with E-state index < -0.39 is 21.5 Å². The maximum absolute atomic E-state index is 10.8. The summed E-state index contributed by atoms with van der Waals surface area (Å²) in [5, 5.41) is 2.31. The summed E-state index contributed by atoms with van der Waals surface area (Å²) < 4.78 is 4.53. The number of hydrogen-bond donors (Lipinski definition) is 1. The lowest BCUT2D eigenvalue weighted by Crippen LogP contribution is -2.32. The van der Waals surface area contributed by atoms with Gasteiger partial charge in [0, 0.05) is 0 Å². The molecule has 0 unspecified atom stereocenters. The molecule has 1 N–H and O–H groups in total. The largest absolute Gasteiger partial charge is 0.462 e. The van der Waals surface area contributed by atoms with Crippen molar-refractivity contribution in [3.05, 3.63) is 0 Å². The van der Waals surface area contributed by atoms with Crippen LogP contribution in [-0.2, 0) is 14.3 Å². The van der Waals surface area contributed by atoms with Crippen molar-refractivity contribution in [3.63, 3.8) is 0 Å². The second-order valence-corrected chi connectivity index (χ2v) is 4.25. The molecule has 8 heteroatoms. The summed E-state index contributed by atoms with van der Waals surface area (Å²) >= 11 is 20.8. The van der Waals surface area contributed by atoms with Gasteiger partial charge in [0.05, 0.1) is 6.54 Å². The van der Waals surface area contributed by atoms with E-state index in [1.54, 1.807) is 0 Å². The van der Waals surface area contributed by atoms with Crippen molar-refractivity contribution in [2.24, 2.45) is 0 Å². The van der Waals surface area contributed by atoms with Crippen LogP contribution in [0, 0.1) is 0 Å². The highest BCUT2D eigenvalue weighted by atomic mass is 35.5. The van der Waals surface area contributed by atoms with Gasteiger partial charge in [-0.05, 0) is 0 Å². The van der Waals surface area contributed by atoms with E-state index >= 15 is 0 Å². The zero-order valence-electron chi connectivity index (χ0n) is 6.81. The number of halogens is 4. The van der Waals surface area contributed by atoms with E-state index in [2.05, 4.69) is 10.1 Å². The Labute approximate surface area is 101 Å². The first-order valence-electron chi connectivity index (χ1n) is 3.45. The molecule has 1 amide bonds. The number of amides is 1. The molecule has 82 valence electrons. The smallest absolute Gasteiger partial charge is 0.339 e. The Morgan fingerprint density at radius 2 is 1.71 bits per heavy atom. The number of carbonyl (C=O) groups excluding carboxylic acids is 2. The zero-order chi connectivity index (χ0) is 11.1. The molecule has 0 radical (unpaired) electrons. The zero-order valence-corrected chi connectivity index (χ0v) is 9.83. The first-order chi connectivity index (χ1) is 6.45. The van der Waals surface area contributed by atoms with Crippen molar-refractivity contribution in [1.82, 2.24) is 5.32 Å². The fraction of sp³-hybridized carbons (Fsp3) is 0.667. The maximum atomic E-state index is 10.8. The molecule has 0 saturated heterocycles. The van der Waals surface area contributed by atoms with Crippen LogP contribution in [0.5, 0.6) is 0 Å². The molecule has 0 aliphatic heterocycles. The third kappa shape index (κ3) is 6.54. The molecule has 4 nitrogen and oxygen atoms in total. The molecule has 0 atom stereocenters. The predicted molar refractivity (Wildman–Crippen MR) is 55.0 cm³/mol. The molecule has 0 bridgehead atoms. The topological polar surface area (TPSA) is 55.4 Å². The number of esters is 1. The van der Waals surface area contributed by atoms with Crippen molar-refractivity contribution in [3.8, 4) is 0 Å². The molecule has 0 heterocycles. The van der Waals surface area contributed by atoms with Crippen molar-refractivity contribution in [2.75, 3.05) is 13.2 Å². The lowest BCUT2D eigenvalue weighted by atomic mass is 10.6. The van der Waals surface area contributed by atoms with Gasteiger partial charge < -0.3 is 10.1 Å². The molecular formula is C6H7Cl4NO3. The Kier molecular flexibility index (Phi) is 7.45. The average molecular weight is 283 g/mol. The van der Waals surface area contributed by atoms with Crippen LogP contribution in [0.25, 0.3) is 0 Å². The van der Waals surface area contributed by atoms with Crippen LogP contribution in [0.1, 0.15) is 0 Å². The Hall–Kier alpha value is 0.1000. The summed E-state index contributed by atoms with van der Waals surface area (Å²) in [4.78, 5) is 19.1. The Balaban J connectivity index is 3.48. The lowest BCUT2D eigenvalue weighted by molar-refractivity contribution is -0.141. The summed E-state index contributed by atoms with van der Waals surface area (Å²) in [7, 11) is 0. The summed E-state index contributed by atoms with van der Waals surface area (Å²) in [6.45, 7) is 0.0576. The summed E-state index contributed by atoms with van der Waals surface area (Å²) in [5.41, 5.74) is 0. The van der Waals surface area contributed by atoms with Crippen LogP contribution in [0.2, 0.25) is 0 Å². The number of ether oxygens (including phenoxy) is 1. The van der Waals surface area contributed by atoms with Crippen molar-refractivity contribution in [2.45, 2.75) is 9.67 Å². The van der Waals surface area contributed by atoms with E-state index in [0.717, 1.165) is 0 Å². The minimum absolute atomic E-state index is 0.0407. The highest BCUT2D eigenvalue weighted by Gasteiger charge is 2.13. The fourth-order valence-corrected chi connectivity index (χ4v) is 0.746. The molecule has 0 aliphatic rings. The minimum Gasteiger partial charge on any atom is -0.462 e. The van der Waals surface area contributed by atoms with Crippen LogP contribution in [0.3, 0.4) is 0 Å². The van der Waals surface area contributed by atoms with E-state index in [4.69, 9.17) is 46.4 Å². The second-order valence-electron chi connectivity index (χ2n) is 2.06. The van der Waals surface area contributed by atoms with Gasteiger partial charge in [-0.1, -0.05) is 46.4 Å². The molecule has 0 aromatic heterocycles. The number of nitrogens with one attached hydrogen (secondary N) is 1. The van der Waals surface area contributed by atoms with E-state index in [-0.39, 0.29) is 13.2 Å². The SMILES string of the molecule is O=C(NCCOC(=O)C(Cl)Cl)C(Cl)Cl. The summed E-state index contributed by atoms with van der Waals surface area (Å²) in [6.07, 6.45) is 0. The van der Waals surface area contributed by atoms with Gasteiger partial charge in [-0.2, -0.15) is 0 Å². The molecule has 0 aliphatic carbocycles. The molecule has 0 rings (SSSR count). The van der Waals surface area contributed by atoms with E-state index in [1.165, 1.54) is 0 Å². The van der Waals surface area contributed by atoms with Gasteiger partial charge in [0.15, 0.2) is 4.84 Å². The third-order valence-electron chi connectivity index (χ3n) is 1.02. The Bertz CT molecular complexity index is 187. The fourth-order valence-electron chi connectivity index (χ4n) is 0.466. The highest BCUT2D eigenvalue weighted by molar-refractivity contribution is 6.53. The van der Waals surface area contributed by atoms with Gasteiger partial charge >= 0.3 is 5.97 Å². The van der Waals surface area contributed by atoms with Gasteiger partial charge in [-0.15, -0.1) is 0 Å². The van der Waals surface area contributed by atoms with Gasteiger partial charge in [0.25, 0.3) is 5.91 Å². The monoisotopic (exact) mass is 281 g/mol. The highest BCUT2D eigenvalue weighted by Crippen LogP contribution is 2.03. The number of hydrogen-bond acceptors (Lipinski definition) is 3. The van der Waals surface area contributed by atoms with Crippen molar-refractivity contribution < 1.29 is 14.3 Å². The Morgan fingerprint density at radius 3 is 2.14 bits per heavy atom. The van der Waals surface area contributed by atoms with E-state index in [9.17, 15) is 9.59 Å². The van der Waals surface area contributed by atoms with Crippen molar-refractivity contribution in [1.29, 1.82) is 0 Å². The predicted octanol–water partition coefficient (Wildman–Crippen LogP) is 1.25. The second kappa shape index (κ2) is 7.40. The van der Waals surface area contributed by atoms with Gasteiger partial charge in [-0.25, -0.2) is 4.79 Å². The van der Waals surface area contributed by atoms with Crippen LogP contribution >= 0.6 is 46.4 Å². The summed E-state index contributed by atoms with van der Waals surface area (Å²) in [5.74, 6) is -1.33. The number of rotatable bonds is 5. The average Bonchev–Trinajstić information content (AvgIpc) is 2.11. The molecule has 0 fully saturated rings. The molecule has 0 aromatic carbocycles. The minimum atomic E-state index is -1.22. The van der Waals surface area contributed by atoms with Crippen LogP contribution in [0.4, 0.5) is 0 Å². The standard InChI is InChI=1S/C6H7Cl4NO3/c7-3(8)5(12)11-1-2-14-6(13)4(9)10/h3-4H,1-2H2,(H,11,12). The third-order valence-corrected chi connectivity index (χ3v) is 1.77. The first-order valence-corrected chi connectivity index (χ1v) is 5.20. The molecule has 0 spiro atoms. The lowest BCUT2D eigenvalue weighted by Gasteiger charge is -2.06. The van der Waals surface area contributed by atoms with E-state index in [1.807, 2.05) is 0 Å². The van der Waals surface area contributed by atoms with Crippen LogP contribution < -0.4 is 5.32 Å². The first kappa shape index (κ1) is 14.1. The van der Waals surface area contributed by atoms with Gasteiger partial charge in [-0.3, -0.25) is 4.79 Å². The maximum Gasteiger partial charge on any atom is 0.339 e.